The number of halogens is 1. The SMILES string of the molecule is C[C@@H](OC(=O)[C@H]1COc2ccc(Cl)cc2C1)C(=O)Nc1sccc1C#N. The van der Waals surface area contributed by atoms with Crippen LogP contribution in [0.1, 0.15) is 18.1 Å². The van der Waals surface area contributed by atoms with Crippen molar-refractivity contribution in [1.82, 2.24) is 0 Å². The number of anilines is 1. The van der Waals surface area contributed by atoms with Gasteiger partial charge in [0, 0.05) is 5.02 Å². The summed E-state index contributed by atoms with van der Waals surface area (Å²) in [7, 11) is 0. The lowest BCUT2D eigenvalue weighted by Gasteiger charge is -2.25. The van der Waals surface area contributed by atoms with E-state index < -0.39 is 23.9 Å². The number of rotatable bonds is 4. The van der Waals surface area contributed by atoms with Gasteiger partial charge in [-0.15, -0.1) is 11.3 Å². The van der Waals surface area contributed by atoms with Crippen LogP contribution in [0.4, 0.5) is 5.00 Å². The number of ether oxygens (including phenoxy) is 2. The van der Waals surface area contributed by atoms with E-state index in [9.17, 15) is 9.59 Å². The van der Waals surface area contributed by atoms with Gasteiger partial charge in [0.15, 0.2) is 6.10 Å². The van der Waals surface area contributed by atoms with E-state index in [0.29, 0.717) is 27.8 Å². The third kappa shape index (κ3) is 3.98. The number of esters is 1. The summed E-state index contributed by atoms with van der Waals surface area (Å²) < 4.78 is 10.9. The monoisotopic (exact) mass is 390 g/mol. The van der Waals surface area contributed by atoms with E-state index in [1.807, 2.05) is 6.07 Å². The van der Waals surface area contributed by atoms with Crippen molar-refractivity contribution in [3.8, 4) is 11.8 Å². The fraction of sp³-hybridized carbons (Fsp3) is 0.278. The largest absolute Gasteiger partial charge is 0.492 e. The fourth-order valence-electron chi connectivity index (χ4n) is 2.55. The fourth-order valence-corrected chi connectivity index (χ4v) is 3.48. The van der Waals surface area contributed by atoms with Crippen LogP contribution >= 0.6 is 22.9 Å². The molecule has 1 N–H and O–H groups in total. The van der Waals surface area contributed by atoms with Crippen LogP contribution in [0.3, 0.4) is 0 Å². The van der Waals surface area contributed by atoms with Crippen LogP contribution in [0.5, 0.6) is 5.75 Å². The summed E-state index contributed by atoms with van der Waals surface area (Å²) in [6.45, 7) is 1.67. The molecule has 1 aromatic carbocycles. The van der Waals surface area contributed by atoms with E-state index in [-0.39, 0.29) is 6.61 Å². The Morgan fingerprint density at radius 2 is 2.27 bits per heavy atom. The van der Waals surface area contributed by atoms with Crippen LogP contribution in [-0.2, 0) is 20.7 Å². The molecule has 1 aliphatic rings. The summed E-state index contributed by atoms with van der Waals surface area (Å²) in [5.74, 6) is -0.805. The van der Waals surface area contributed by atoms with Crippen LogP contribution in [0.15, 0.2) is 29.6 Å². The van der Waals surface area contributed by atoms with E-state index in [2.05, 4.69) is 5.32 Å². The van der Waals surface area contributed by atoms with Crippen molar-refractivity contribution in [2.24, 2.45) is 5.92 Å². The molecule has 2 aromatic rings. The maximum absolute atomic E-state index is 12.4. The maximum atomic E-state index is 12.4. The van der Waals surface area contributed by atoms with Crippen LogP contribution < -0.4 is 10.1 Å². The van der Waals surface area contributed by atoms with E-state index in [4.69, 9.17) is 26.3 Å². The Hall–Kier alpha value is -2.56. The van der Waals surface area contributed by atoms with Gasteiger partial charge in [-0.25, -0.2) is 0 Å². The molecule has 0 radical (unpaired) electrons. The Kier molecular flexibility index (Phi) is 5.45. The number of hydrogen-bond acceptors (Lipinski definition) is 6. The number of fused-ring (bicyclic) bond motifs is 1. The van der Waals surface area contributed by atoms with Crippen LogP contribution in [0.2, 0.25) is 5.02 Å². The molecule has 26 heavy (non-hydrogen) atoms. The van der Waals surface area contributed by atoms with Crippen LogP contribution in [0, 0.1) is 17.2 Å². The van der Waals surface area contributed by atoms with Crippen molar-refractivity contribution < 1.29 is 19.1 Å². The minimum Gasteiger partial charge on any atom is -0.492 e. The molecule has 3 rings (SSSR count). The zero-order chi connectivity index (χ0) is 18.7. The van der Waals surface area contributed by atoms with Gasteiger partial charge in [0.25, 0.3) is 5.91 Å². The highest BCUT2D eigenvalue weighted by atomic mass is 35.5. The highest BCUT2D eigenvalue weighted by molar-refractivity contribution is 7.14. The van der Waals surface area contributed by atoms with Crippen molar-refractivity contribution in [2.75, 3.05) is 11.9 Å². The molecular formula is C18H15ClN2O4S. The zero-order valence-electron chi connectivity index (χ0n) is 13.8. The molecule has 0 saturated carbocycles. The average molecular weight is 391 g/mol. The second-order valence-electron chi connectivity index (χ2n) is 5.81. The molecule has 8 heteroatoms. The smallest absolute Gasteiger partial charge is 0.313 e. The quantitative estimate of drug-likeness (QED) is 0.808. The molecule has 6 nitrogen and oxygen atoms in total. The predicted octanol–water partition coefficient (Wildman–Crippen LogP) is 3.39. The maximum Gasteiger partial charge on any atom is 0.313 e. The summed E-state index contributed by atoms with van der Waals surface area (Å²) in [4.78, 5) is 24.6. The normalized spacial score (nSPS) is 16.6. The molecule has 0 fully saturated rings. The molecule has 0 unspecified atom stereocenters. The van der Waals surface area contributed by atoms with Gasteiger partial charge in [-0.3, -0.25) is 9.59 Å². The molecule has 0 bridgehead atoms. The highest BCUT2D eigenvalue weighted by Crippen LogP contribution is 2.30. The van der Waals surface area contributed by atoms with Gasteiger partial charge in [-0.2, -0.15) is 5.26 Å². The predicted molar refractivity (Wildman–Crippen MR) is 97.4 cm³/mol. The molecule has 1 aromatic heterocycles. The number of nitriles is 1. The van der Waals surface area contributed by atoms with Crippen LogP contribution in [0.25, 0.3) is 0 Å². The summed E-state index contributed by atoms with van der Waals surface area (Å²) in [5, 5.41) is 14.3. The molecular weight excluding hydrogens is 376 g/mol. The lowest BCUT2D eigenvalue weighted by atomic mass is 9.97. The third-order valence-electron chi connectivity index (χ3n) is 3.95. The van der Waals surface area contributed by atoms with Crippen LogP contribution in [-0.4, -0.2) is 24.6 Å². The third-order valence-corrected chi connectivity index (χ3v) is 5.01. The first-order valence-corrected chi connectivity index (χ1v) is 9.14. The van der Waals surface area contributed by atoms with E-state index >= 15 is 0 Å². The van der Waals surface area contributed by atoms with Gasteiger partial charge >= 0.3 is 5.97 Å². The summed E-state index contributed by atoms with van der Waals surface area (Å²) in [6, 6.07) is 8.85. The topological polar surface area (TPSA) is 88.4 Å². The number of carbonyl (C=O) groups excluding carboxylic acids is 2. The molecule has 0 spiro atoms. The average Bonchev–Trinajstić information content (AvgIpc) is 3.07. The Morgan fingerprint density at radius 3 is 3.04 bits per heavy atom. The van der Waals surface area contributed by atoms with Gasteiger partial charge in [0.05, 0.1) is 11.5 Å². The minimum atomic E-state index is -0.989. The Balaban J connectivity index is 1.59. The second kappa shape index (κ2) is 7.77. The number of thiophene rings is 1. The molecule has 0 aliphatic carbocycles. The molecule has 1 amide bonds. The standard InChI is InChI=1S/C18H15ClN2O4S/c1-10(16(22)21-17-11(8-20)4-5-26-17)25-18(23)13-6-12-7-14(19)2-3-15(12)24-9-13/h2-5,7,10,13H,6,9H2,1H3,(H,21,22)/t10-,13-/m1/s1. The van der Waals surface area contributed by atoms with Gasteiger partial charge in [-0.1, -0.05) is 11.6 Å². The molecule has 0 saturated heterocycles. The van der Waals surface area contributed by atoms with Crippen molar-refractivity contribution in [2.45, 2.75) is 19.4 Å². The summed E-state index contributed by atoms with van der Waals surface area (Å²) in [6.07, 6.45) is -0.552. The molecule has 2 heterocycles. The highest BCUT2D eigenvalue weighted by Gasteiger charge is 2.30. The Bertz CT molecular complexity index is 890. The van der Waals surface area contributed by atoms with E-state index in [0.717, 1.165) is 5.56 Å². The van der Waals surface area contributed by atoms with Gasteiger partial charge in [-0.05, 0) is 48.6 Å². The van der Waals surface area contributed by atoms with E-state index in [1.165, 1.54) is 18.3 Å². The molecule has 1 aliphatic heterocycles. The number of benzene rings is 1. The van der Waals surface area contributed by atoms with Crippen molar-refractivity contribution in [3.63, 3.8) is 0 Å². The van der Waals surface area contributed by atoms with Gasteiger partial charge in [0.1, 0.15) is 23.4 Å². The number of nitrogens with one attached hydrogen (secondary N) is 1. The molecule has 134 valence electrons. The number of hydrogen-bond donors (Lipinski definition) is 1. The van der Waals surface area contributed by atoms with Crippen molar-refractivity contribution >= 4 is 39.8 Å². The van der Waals surface area contributed by atoms with Gasteiger partial charge < -0.3 is 14.8 Å². The summed E-state index contributed by atoms with van der Waals surface area (Å²) >= 11 is 7.21. The van der Waals surface area contributed by atoms with Crippen molar-refractivity contribution in [1.29, 1.82) is 5.26 Å². The first kappa shape index (κ1) is 18.2. The first-order valence-electron chi connectivity index (χ1n) is 7.88. The lowest BCUT2D eigenvalue weighted by molar-refractivity contribution is -0.158. The zero-order valence-corrected chi connectivity index (χ0v) is 15.4. The van der Waals surface area contributed by atoms with Crippen molar-refractivity contribution in [3.05, 3.63) is 45.8 Å². The number of amides is 1. The summed E-state index contributed by atoms with van der Waals surface area (Å²) in [5.41, 5.74) is 1.20. The number of nitrogens with zero attached hydrogens (tertiary/aromatic N) is 1. The Morgan fingerprint density at radius 1 is 1.46 bits per heavy atom. The van der Waals surface area contributed by atoms with Gasteiger partial charge in [0.2, 0.25) is 0 Å². The van der Waals surface area contributed by atoms with E-state index in [1.54, 1.807) is 29.6 Å². The molecule has 2 atom stereocenters. The Labute approximate surface area is 159 Å². The lowest BCUT2D eigenvalue weighted by Crippen LogP contribution is -2.36. The minimum absolute atomic E-state index is 0.186. The number of carbonyl (C=O) groups is 2. The second-order valence-corrected chi connectivity index (χ2v) is 7.16. The first-order chi connectivity index (χ1) is 12.5.